The first kappa shape index (κ1) is 45.7. The predicted octanol–water partition coefficient (Wildman–Crippen LogP) is 10.4. The number of allylic oxidation sites excluding steroid dienone is 3. The largest absolute Gasteiger partial charge is 0.497 e. The SMILES string of the molecule is COc1ccc(CO[C@H](/C=C/C=C/C[C@H](C[C@H](CC2=CC(=O)OC(C)(C)O2)O[Si](C)(C)C(C)(C)C)O[Si](C)(C)C(C)(C)C)[C@H](C)C/C=C/CO)cc1. The van der Waals surface area contributed by atoms with Gasteiger partial charge in [-0.15, -0.1) is 0 Å². The maximum absolute atomic E-state index is 12.5. The number of aliphatic hydroxyl groups excluding tert-OH is 1. The summed E-state index contributed by atoms with van der Waals surface area (Å²) in [5.74, 6) is 0.170. The average Bonchev–Trinajstić information content (AvgIpc) is 3.00. The minimum atomic E-state index is -2.20. The Morgan fingerprint density at radius 1 is 0.846 bits per heavy atom. The van der Waals surface area contributed by atoms with E-state index in [1.807, 2.05) is 30.3 Å². The number of benzene rings is 1. The molecule has 0 amide bonds. The monoisotopic (exact) mass is 758 g/mol. The van der Waals surface area contributed by atoms with Gasteiger partial charge in [0.25, 0.3) is 0 Å². The molecule has 1 aliphatic heterocycles. The van der Waals surface area contributed by atoms with E-state index in [1.54, 1.807) is 27.0 Å². The van der Waals surface area contributed by atoms with Crippen molar-refractivity contribution in [1.82, 2.24) is 0 Å². The van der Waals surface area contributed by atoms with Gasteiger partial charge in [0.2, 0.25) is 5.79 Å². The number of hydrogen-bond donors (Lipinski definition) is 1. The molecule has 1 N–H and O–H groups in total. The number of cyclic esters (lactones) is 1. The quantitative estimate of drug-likeness (QED) is 0.0608. The van der Waals surface area contributed by atoms with E-state index in [4.69, 9.17) is 27.8 Å². The maximum atomic E-state index is 12.5. The fourth-order valence-electron chi connectivity index (χ4n) is 5.27. The van der Waals surface area contributed by atoms with Crippen LogP contribution in [0, 0.1) is 5.92 Å². The summed E-state index contributed by atoms with van der Waals surface area (Å²) < 4.78 is 37.4. The van der Waals surface area contributed by atoms with Crippen LogP contribution in [0.25, 0.3) is 0 Å². The molecule has 0 aromatic heterocycles. The topological polar surface area (TPSA) is 92.7 Å². The highest BCUT2D eigenvalue weighted by Crippen LogP contribution is 2.41. The summed E-state index contributed by atoms with van der Waals surface area (Å²) >= 11 is 0. The normalized spacial score (nSPS) is 18.3. The Hall–Kier alpha value is -2.48. The van der Waals surface area contributed by atoms with E-state index < -0.39 is 28.4 Å². The summed E-state index contributed by atoms with van der Waals surface area (Å²) in [7, 11) is -2.69. The molecule has 0 unspecified atom stereocenters. The number of esters is 1. The van der Waals surface area contributed by atoms with Crippen molar-refractivity contribution in [3.63, 3.8) is 0 Å². The fraction of sp³-hybridized carbons (Fsp3) is 0.643. The van der Waals surface area contributed by atoms with Crippen molar-refractivity contribution in [2.75, 3.05) is 13.7 Å². The van der Waals surface area contributed by atoms with Gasteiger partial charge < -0.3 is 32.9 Å². The van der Waals surface area contributed by atoms with Crippen molar-refractivity contribution < 1.29 is 37.7 Å². The third kappa shape index (κ3) is 15.5. The highest BCUT2D eigenvalue weighted by Gasteiger charge is 2.43. The Morgan fingerprint density at radius 3 is 1.98 bits per heavy atom. The molecular weight excluding hydrogens is 689 g/mol. The van der Waals surface area contributed by atoms with Crippen LogP contribution in [0.3, 0.4) is 0 Å². The zero-order chi connectivity index (χ0) is 39.4. The number of carbonyl (C=O) groups is 1. The summed E-state index contributed by atoms with van der Waals surface area (Å²) in [5, 5.41) is 9.27. The van der Waals surface area contributed by atoms with E-state index >= 15 is 0 Å². The molecule has 1 aromatic rings. The van der Waals surface area contributed by atoms with Crippen LogP contribution in [0.1, 0.15) is 93.6 Å². The van der Waals surface area contributed by atoms with Gasteiger partial charge in [-0.3, -0.25) is 0 Å². The summed E-state index contributed by atoms with van der Waals surface area (Å²) in [6.07, 6.45) is 15.8. The van der Waals surface area contributed by atoms with Crippen molar-refractivity contribution in [1.29, 1.82) is 0 Å². The molecule has 10 heteroatoms. The minimum Gasteiger partial charge on any atom is -0.497 e. The second-order valence-electron chi connectivity index (χ2n) is 17.5. The highest BCUT2D eigenvalue weighted by atomic mass is 28.4. The van der Waals surface area contributed by atoms with E-state index in [9.17, 15) is 9.90 Å². The average molecular weight is 759 g/mol. The van der Waals surface area contributed by atoms with Crippen molar-refractivity contribution in [3.05, 3.63) is 78.1 Å². The lowest BCUT2D eigenvalue weighted by atomic mass is 9.99. The molecule has 52 heavy (non-hydrogen) atoms. The van der Waals surface area contributed by atoms with Gasteiger partial charge in [0, 0.05) is 20.3 Å². The predicted molar refractivity (Wildman–Crippen MR) is 217 cm³/mol. The molecule has 1 aromatic carbocycles. The summed E-state index contributed by atoms with van der Waals surface area (Å²) in [6, 6.07) is 7.92. The van der Waals surface area contributed by atoms with Crippen LogP contribution in [0.5, 0.6) is 5.75 Å². The first-order chi connectivity index (χ1) is 24.0. The standard InChI is InChI=1S/C42H70O8Si2/c1-32(20-18-19-27-43)38(46-31-33-23-25-34(45-10)26-24-33)22-17-15-16-21-35(49-51(11,12)40(2,3)4)28-37(50-52(13,14)41(5,6)7)29-36-30-39(44)48-42(8,9)47-36/h15-19,22-26,30,32,35,37-38,43H,20-21,27-29,31H2,1-14H3/b16-15+,19-18+,22-17+/t32-,35-,37-,38-/m1/s1. The Morgan fingerprint density at radius 2 is 1.44 bits per heavy atom. The van der Waals surface area contributed by atoms with Crippen molar-refractivity contribution in [2.45, 2.75) is 155 Å². The van der Waals surface area contributed by atoms with E-state index in [0.29, 0.717) is 31.6 Å². The molecule has 0 spiro atoms. The van der Waals surface area contributed by atoms with Gasteiger partial charge in [0.1, 0.15) is 11.5 Å². The molecule has 1 heterocycles. The first-order valence-corrected chi connectivity index (χ1v) is 24.6. The summed E-state index contributed by atoms with van der Waals surface area (Å²) in [6.45, 7) is 28.8. The first-order valence-electron chi connectivity index (χ1n) is 18.8. The number of rotatable bonds is 20. The molecule has 0 aliphatic carbocycles. The Bertz CT molecular complexity index is 1360. The molecule has 2 rings (SSSR count). The van der Waals surface area contributed by atoms with Crippen LogP contribution in [-0.2, 0) is 34.5 Å². The lowest BCUT2D eigenvalue weighted by Gasteiger charge is -2.43. The lowest BCUT2D eigenvalue weighted by Crippen LogP contribution is -2.47. The summed E-state index contributed by atoms with van der Waals surface area (Å²) in [5.41, 5.74) is 1.07. The zero-order valence-electron chi connectivity index (χ0n) is 34.7. The van der Waals surface area contributed by atoms with Gasteiger partial charge in [-0.2, -0.15) is 0 Å². The van der Waals surface area contributed by atoms with E-state index in [0.717, 1.165) is 17.7 Å². The Labute approximate surface area is 317 Å². The smallest absolute Gasteiger partial charge is 0.337 e. The molecule has 4 atom stereocenters. The molecule has 8 nitrogen and oxygen atoms in total. The van der Waals surface area contributed by atoms with E-state index in [2.05, 4.69) is 99.0 Å². The van der Waals surface area contributed by atoms with Crippen molar-refractivity contribution in [3.8, 4) is 5.75 Å². The van der Waals surface area contributed by atoms with Crippen LogP contribution in [0.2, 0.25) is 36.3 Å². The van der Waals surface area contributed by atoms with Gasteiger partial charge >= 0.3 is 5.97 Å². The second kappa shape index (κ2) is 19.7. The van der Waals surface area contributed by atoms with E-state index in [-0.39, 0.29) is 40.9 Å². The Kier molecular flexibility index (Phi) is 17.3. The summed E-state index contributed by atoms with van der Waals surface area (Å²) in [4.78, 5) is 12.5. The van der Waals surface area contributed by atoms with Gasteiger partial charge in [0.05, 0.1) is 44.7 Å². The molecule has 0 saturated carbocycles. The molecule has 294 valence electrons. The number of ether oxygens (including phenoxy) is 4. The molecule has 0 radical (unpaired) electrons. The molecular formula is C42H70O8Si2. The van der Waals surface area contributed by atoms with Crippen LogP contribution in [-0.4, -0.2) is 65.5 Å². The van der Waals surface area contributed by atoms with Crippen LogP contribution in [0.15, 0.2) is 72.6 Å². The molecule has 0 fully saturated rings. The molecule has 1 aliphatic rings. The maximum Gasteiger partial charge on any atom is 0.337 e. The number of aliphatic hydroxyl groups is 1. The van der Waals surface area contributed by atoms with Crippen LogP contribution in [0.4, 0.5) is 0 Å². The Balaban J connectivity index is 2.34. The zero-order valence-corrected chi connectivity index (χ0v) is 36.7. The van der Waals surface area contributed by atoms with Crippen molar-refractivity contribution >= 4 is 22.6 Å². The van der Waals surface area contributed by atoms with Crippen LogP contribution < -0.4 is 4.74 Å². The molecule has 0 saturated heterocycles. The molecule has 0 bridgehead atoms. The third-order valence-electron chi connectivity index (χ3n) is 10.4. The van der Waals surface area contributed by atoms with Gasteiger partial charge in [-0.25, -0.2) is 4.79 Å². The lowest BCUT2D eigenvalue weighted by molar-refractivity contribution is -0.206. The fourth-order valence-corrected chi connectivity index (χ4v) is 8.01. The minimum absolute atomic E-state index is 0.00272. The highest BCUT2D eigenvalue weighted by molar-refractivity contribution is 6.74. The third-order valence-corrected chi connectivity index (χ3v) is 19.5. The van der Waals surface area contributed by atoms with Gasteiger partial charge in [-0.05, 0) is 79.1 Å². The number of hydrogen-bond acceptors (Lipinski definition) is 8. The van der Waals surface area contributed by atoms with Gasteiger partial charge in [-0.1, -0.05) is 97.1 Å². The van der Waals surface area contributed by atoms with Crippen molar-refractivity contribution in [2.24, 2.45) is 5.92 Å². The number of methoxy groups -OCH3 is 1. The number of carbonyl (C=O) groups excluding carboxylic acids is 1. The van der Waals surface area contributed by atoms with E-state index in [1.165, 1.54) is 6.08 Å². The van der Waals surface area contributed by atoms with Crippen LogP contribution >= 0.6 is 0 Å². The second-order valence-corrected chi connectivity index (χ2v) is 27.0. The van der Waals surface area contributed by atoms with Gasteiger partial charge in [0.15, 0.2) is 16.6 Å².